The molecule has 1 fully saturated rings. The van der Waals surface area contributed by atoms with Crippen LogP contribution in [0.4, 0.5) is 17.2 Å². The number of pyridine rings is 1. The third-order valence-corrected chi connectivity index (χ3v) is 6.38. The molecule has 39 heavy (non-hydrogen) atoms. The highest BCUT2D eigenvalue weighted by atomic mass is 16.3. The van der Waals surface area contributed by atoms with Crippen LogP contribution in [0.1, 0.15) is 104 Å². The molecule has 0 saturated heterocycles. The molecule has 3 aromatic rings. The molecular weight excluding hydrogens is 496 g/mol. The first-order chi connectivity index (χ1) is 18.6. The van der Waals surface area contributed by atoms with Crippen LogP contribution in [-0.4, -0.2) is 54.0 Å². The van der Waals surface area contributed by atoms with Crippen LogP contribution in [0.15, 0.2) is 37.1 Å². The molecule has 3 heterocycles. The molecular formula is C28H36N8O3. The van der Waals surface area contributed by atoms with Crippen LogP contribution in [0.3, 0.4) is 0 Å². The highest BCUT2D eigenvalue weighted by Crippen LogP contribution is 2.39. The SMILES string of the molecule is CCCCC(C)c1ccc(NC(=O)c2nc(C3CC3)cnc2Nc2cncnc2)c(C(=O)NCC(C)(C)O)n1. The van der Waals surface area contributed by atoms with Gasteiger partial charge >= 0.3 is 0 Å². The van der Waals surface area contributed by atoms with Gasteiger partial charge < -0.3 is 21.1 Å². The predicted molar refractivity (Wildman–Crippen MR) is 148 cm³/mol. The molecule has 206 valence electrons. The van der Waals surface area contributed by atoms with Crippen LogP contribution in [-0.2, 0) is 0 Å². The lowest BCUT2D eigenvalue weighted by atomic mass is 9.99. The number of nitrogens with one attached hydrogen (secondary N) is 3. The van der Waals surface area contributed by atoms with Gasteiger partial charge in [-0.05, 0) is 51.2 Å². The van der Waals surface area contributed by atoms with Gasteiger partial charge in [-0.25, -0.2) is 24.9 Å². The molecule has 11 heteroatoms. The minimum atomic E-state index is -1.11. The van der Waals surface area contributed by atoms with Crippen molar-refractivity contribution < 1.29 is 14.7 Å². The number of unbranched alkanes of at least 4 members (excludes halogenated alkanes) is 1. The van der Waals surface area contributed by atoms with Crippen molar-refractivity contribution in [1.29, 1.82) is 0 Å². The van der Waals surface area contributed by atoms with E-state index in [2.05, 4.69) is 54.7 Å². The van der Waals surface area contributed by atoms with Gasteiger partial charge in [0, 0.05) is 18.2 Å². The summed E-state index contributed by atoms with van der Waals surface area (Å²) in [5.41, 5.74) is 1.36. The Morgan fingerprint density at radius 1 is 1.08 bits per heavy atom. The van der Waals surface area contributed by atoms with E-state index in [-0.39, 0.29) is 41.3 Å². The van der Waals surface area contributed by atoms with Gasteiger partial charge in [-0.3, -0.25) is 9.59 Å². The number of aromatic nitrogens is 5. The highest BCUT2D eigenvalue weighted by molar-refractivity contribution is 6.09. The van der Waals surface area contributed by atoms with Crippen LogP contribution in [0.25, 0.3) is 0 Å². The number of hydrogen-bond acceptors (Lipinski definition) is 9. The fourth-order valence-corrected chi connectivity index (χ4v) is 3.97. The number of anilines is 3. The number of aliphatic hydroxyl groups is 1. The first kappa shape index (κ1) is 28.0. The van der Waals surface area contributed by atoms with E-state index in [9.17, 15) is 14.7 Å². The molecule has 0 spiro atoms. The van der Waals surface area contributed by atoms with E-state index in [4.69, 9.17) is 0 Å². The first-order valence-corrected chi connectivity index (χ1v) is 13.4. The van der Waals surface area contributed by atoms with Crippen molar-refractivity contribution in [2.24, 2.45) is 0 Å². The van der Waals surface area contributed by atoms with E-state index in [1.54, 1.807) is 38.5 Å². The van der Waals surface area contributed by atoms with Gasteiger partial charge in [-0.1, -0.05) is 26.7 Å². The summed E-state index contributed by atoms with van der Waals surface area (Å²) in [6.07, 6.45) is 11.3. The summed E-state index contributed by atoms with van der Waals surface area (Å²) in [6, 6.07) is 3.52. The van der Waals surface area contributed by atoms with Gasteiger partial charge in [0.15, 0.2) is 17.2 Å². The van der Waals surface area contributed by atoms with Crippen LogP contribution in [0, 0.1) is 0 Å². The largest absolute Gasteiger partial charge is 0.389 e. The smallest absolute Gasteiger partial charge is 0.278 e. The zero-order chi connectivity index (χ0) is 28.0. The van der Waals surface area contributed by atoms with Gasteiger partial charge in [0.2, 0.25) is 0 Å². The second-order valence-corrected chi connectivity index (χ2v) is 10.6. The van der Waals surface area contributed by atoms with Gasteiger partial charge in [0.25, 0.3) is 11.8 Å². The number of carbonyl (C=O) groups is 2. The molecule has 2 amide bonds. The first-order valence-electron chi connectivity index (χ1n) is 13.4. The summed E-state index contributed by atoms with van der Waals surface area (Å²) >= 11 is 0. The molecule has 11 nitrogen and oxygen atoms in total. The monoisotopic (exact) mass is 532 g/mol. The van der Waals surface area contributed by atoms with Crippen molar-refractivity contribution in [2.75, 3.05) is 17.2 Å². The molecule has 0 aliphatic heterocycles. The standard InChI is InChI=1S/C28H36N8O3/c1-5-6-7-17(2)20-10-11-21(23(34-20)26(37)32-15-28(3,4)39)36-27(38)24-25(33-19-12-29-16-30-13-19)31-14-22(35-24)18-8-9-18/h10-14,16-18,39H,5-9,15H2,1-4H3,(H,31,33)(H,32,37)(H,36,38). The Kier molecular flexibility index (Phi) is 8.80. The number of hydrogen-bond donors (Lipinski definition) is 4. The topological polar surface area (TPSA) is 155 Å². The minimum Gasteiger partial charge on any atom is -0.389 e. The molecule has 0 bridgehead atoms. The van der Waals surface area contributed by atoms with Crippen molar-refractivity contribution in [3.8, 4) is 0 Å². The Bertz CT molecular complexity index is 1310. The van der Waals surface area contributed by atoms with Crippen LogP contribution >= 0.6 is 0 Å². The van der Waals surface area contributed by atoms with E-state index < -0.39 is 17.4 Å². The molecule has 1 saturated carbocycles. The fourth-order valence-electron chi connectivity index (χ4n) is 3.97. The third kappa shape index (κ3) is 7.76. The number of rotatable bonds is 12. The third-order valence-electron chi connectivity index (χ3n) is 6.38. The summed E-state index contributed by atoms with van der Waals surface area (Å²) in [7, 11) is 0. The summed E-state index contributed by atoms with van der Waals surface area (Å²) in [5.74, 6) is -0.353. The second-order valence-electron chi connectivity index (χ2n) is 10.6. The molecule has 3 aromatic heterocycles. The highest BCUT2D eigenvalue weighted by Gasteiger charge is 2.28. The molecule has 1 unspecified atom stereocenters. The second kappa shape index (κ2) is 12.2. The minimum absolute atomic E-state index is 0.0264. The lowest BCUT2D eigenvalue weighted by Crippen LogP contribution is -2.39. The van der Waals surface area contributed by atoms with E-state index in [1.807, 2.05) is 6.07 Å². The van der Waals surface area contributed by atoms with Gasteiger partial charge in [0.05, 0.1) is 41.3 Å². The van der Waals surface area contributed by atoms with E-state index in [1.165, 1.54) is 6.33 Å². The van der Waals surface area contributed by atoms with Crippen LogP contribution in [0.5, 0.6) is 0 Å². The number of carbonyl (C=O) groups excluding carboxylic acids is 2. The Labute approximate surface area is 228 Å². The molecule has 4 N–H and O–H groups in total. The van der Waals surface area contributed by atoms with Crippen LogP contribution in [0.2, 0.25) is 0 Å². The maximum Gasteiger partial charge on any atom is 0.278 e. The zero-order valence-corrected chi connectivity index (χ0v) is 22.9. The summed E-state index contributed by atoms with van der Waals surface area (Å²) in [6.45, 7) is 7.43. The van der Waals surface area contributed by atoms with Gasteiger partial charge in [0.1, 0.15) is 6.33 Å². The maximum absolute atomic E-state index is 13.6. The Morgan fingerprint density at radius 2 is 1.82 bits per heavy atom. The summed E-state index contributed by atoms with van der Waals surface area (Å²) in [4.78, 5) is 48.5. The van der Waals surface area contributed by atoms with Crippen molar-refractivity contribution >= 4 is 29.0 Å². The lowest BCUT2D eigenvalue weighted by Gasteiger charge is -2.19. The van der Waals surface area contributed by atoms with Gasteiger partial charge in [-0.2, -0.15) is 0 Å². The summed E-state index contributed by atoms with van der Waals surface area (Å²) in [5, 5.41) is 18.7. The molecule has 0 radical (unpaired) electrons. The maximum atomic E-state index is 13.6. The Morgan fingerprint density at radius 3 is 2.49 bits per heavy atom. The average Bonchev–Trinajstić information content (AvgIpc) is 3.76. The van der Waals surface area contributed by atoms with Crippen molar-refractivity contribution in [3.05, 3.63) is 59.8 Å². The molecule has 1 aliphatic carbocycles. The molecule has 1 atom stereocenters. The quantitative estimate of drug-likeness (QED) is 0.267. The normalized spacial score (nSPS) is 14.0. The van der Waals surface area contributed by atoms with E-state index in [0.717, 1.165) is 43.5 Å². The average molecular weight is 533 g/mol. The summed E-state index contributed by atoms with van der Waals surface area (Å²) < 4.78 is 0. The Balaban J connectivity index is 1.65. The molecule has 4 rings (SSSR count). The van der Waals surface area contributed by atoms with Crippen molar-refractivity contribution in [3.63, 3.8) is 0 Å². The van der Waals surface area contributed by atoms with Gasteiger partial charge in [-0.15, -0.1) is 0 Å². The van der Waals surface area contributed by atoms with Crippen molar-refractivity contribution in [1.82, 2.24) is 30.2 Å². The van der Waals surface area contributed by atoms with Crippen molar-refractivity contribution in [2.45, 2.75) is 77.2 Å². The number of amides is 2. The molecule has 1 aliphatic rings. The predicted octanol–water partition coefficient (Wildman–Crippen LogP) is 4.33. The number of nitrogens with zero attached hydrogens (tertiary/aromatic N) is 5. The lowest BCUT2D eigenvalue weighted by molar-refractivity contribution is 0.0692. The Hall–Kier alpha value is -3.99. The van der Waals surface area contributed by atoms with E-state index >= 15 is 0 Å². The molecule has 0 aromatic carbocycles. The van der Waals surface area contributed by atoms with E-state index in [0.29, 0.717) is 5.69 Å². The fraction of sp³-hybridized carbons (Fsp3) is 0.464. The zero-order valence-electron chi connectivity index (χ0n) is 22.9. The van der Waals surface area contributed by atoms with Crippen LogP contribution < -0.4 is 16.0 Å².